The second kappa shape index (κ2) is 19.0. The summed E-state index contributed by atoms with van der Waals surface area (Å²) >= 11 is 0. The van der Waals surface area contributed by atoms with Crippen LogP contribution in [0.15, 0.2) is 30.3 Å². The molecule has 0 fully saturated rings. The summed E-state index contributed by atoms with van der Waals surface area (Å²) in [6.07, 6.45) is 22.8. The monoisotopic (exact) mass is 402 g/mol. The Morgan fingerprint density at radius 1 is 0.655 bits per heavy atom. The molecular weight excluding hydrogens is 352 g/mol. The molecule has 0 spiro atoms. The first-order valence-corrected chi connectivity index (χ1v) is 12.8. The molecule has 1 aromatic rings. The molecule has 0 aliphatic carbocycles. The minimum absolute atomic E-state index is 0.411. The second-order valence-electron chi connectivity index (χ2n) is 8.92. The van der Waals surface area contributed by atoms with Gasteiger partial charge in [-0.25, -0.2) is 0 Å². The highest BCUT2D eigenvalue weighted by atomic mass is 15.2. The highest BCUT2D eigenvalue weighted by molar-refractivity contribution is 5.46. The van der Waals surface area contributed by atoms with E-state index < -0.39 is 0 Å². The van der Waals surface area contributed by atoms with Gasteiger partial charge in [0.25, 0.3) is 0 Å². The molecule has 1 unspecified atom stereocenters. The fourth-order valence-electron chi connectivity index (χ4n) is 4.18. The molecule has 0 bridgehead atoms. The molecule has 1 rings (SSSR count). The van der Waals surface area contributed by atoms with Crippen LogP contribution < -0.4 is 10.6 Å². The highest BCUT2D eigenvalue weighted by Crippen LogP contribution is 2.18. The summed E-state index contributed by atoms with van der Waals surface area (Å²) in [6.45, 7) is 6.37. The predicted molar refractivity (Wildman–Crippen MR) is 132 cm³/mol. The fourth-order valence-corrected chi connectivity index (χ4v) is 4.18. The third-order valence-corrected chi connectivity index (χ3v) is 6.21. The fraction of sp³-hybridized carbons (Fsp3) is 0.778. The third-order valence-electron chi connectivity index (χ3n) is 6.21. The average Bonchev–Trinajstić information content (AvgIpc) is 2.76. The lowest BCUT2D eigenvalue weighted by Gasteiger charge is -2.30. The first kappa shape index (κ1) is 26.0. The maximum Gasteiger partial charge on any atom is 0.0384 e. The van der Waals surface area contributed by atoms with Crippen LogP contribution in [0.2, 0.25) is 0 Å². The molecule has 2 heteroatoms. The molecule has 2 nitrogen and oxygen atoms in total. The van der Waals surface area contributed by atoms with E-state index in [0.29, 0.717) is 12.6 Å². The zero-order valence-electron chi connectivity index (χ0n) is 19.7. The number of nitrogens with zero attached hydrogens (tertiary/aromatic N) is 1. The molecular formula is C27H50N2. The van der Waals surface area contributed by atoms with Crippen molar-refractivity contribution in [1.29, 1.82) is 0 Å². The lowest BCUT2D eigenvalue weighted by atomic mass is 10.0. The molecule has 29 heavy (non-hydrogen) atoms. The van der Waals surface area contributed by atoms with Crippen molar-refractivity contribution in [2.75, 3.05) is 18.0 Å². The highest BCUT2D eigenvalue weighted by Gasteiger charge is 2.12. The van der Waals surface area contributed by atoms with Crippen LogP contribution in [0.3, 0.4) is 0 Å². The van der Waals surface area contributed by atoms with Gasteiger partial charge in [0.05, 0.1) is 0 Å². The van der Waals surface area contributed by atoms with Crippen molar-refractivity contribution in [1.82, 2.24) is 0 Å². The van der Waals surface area contributed by atoms with Gasteiger partial charge in [-0.2, -0.15) is 0 Å². The SMILES string of the molecule is CCCCCCCCCCCCCCCCCCN(c1ccccc1)C(C)CN. The molecule has 168 valence electrons. The van der Waals surface area contributed by atoms with E-state index in [1.54, 1.807) is 0 Å². The van der Waals surface area contributed by atoms with E-state index in [2.05, 4.69) is 49.1 Å². The van der Waals surface area contributed by atoms with Gasteiger partial charge in [-0.05, 0) is 25.5 Å². The Balaban J connectivity index is 1.92. The van der Waals surface area contributed by atoms with Gasteiger partial charge in [-0.15, -0.1) is 0 Å². The van der Waals surface area contributed by atoms with E-state index in [9.17, 15) is 0 Å². The van der Waals surface area contributed by atoms with E-state index in [1.807, 2.05) is 0 Å². The van der Waals surface area contributed by atoms with Gasteiger partial charge in [0.2, 0.25) is 0 Å². The van der Waals surface area contributed by atoms with Crippen LogP contribution in [-0.4, -0.2) is 19.1 Å². The first-order chi connectivity index (χ1) is 14.3. The summed E-state index contributed by atoms with van der Waals surface area (Å²) < 4.78 is 0. The van der Waals surface area contributed by atoms with Crippen molar-refractivity contribution in [2.24, 2.45) is 5.73 Å². The number of para-hydroxylation sites is 1. The average molecular weight is 403 g/mol. The van der Waals surface area contributed by atoms with Crippen LogP contribution in [-0.2, 0) is 0 Å². The maximum absolute atomic E-state index is 5.93. The lowest BCUT2D eigenvalue weighted by Crippen LogP contribution is -2.39. The van der Waals surface area contributed by atoms with Gasteiger partial charge in [0.1, 0.15) is 0 Å². The summed E-state index contributed by atoms with van der Waals surface area (Å²) in [5, 5.41) is 0. The standard InChI is InChI=1S/C27H50N2/c1-3-4-5-6-7-8-9-10-11-12-13-14-15-16-17-21-24-29(26(2)25-28)27-22-19-18-20-23-27/h18-20,22-23,26H,3-17,21,24-25,28H2,1-2H3. The smallest absolute Gasteiger partial charge is 0.0384 e. The van der Waals surface area contributed by atoms with Crippen molar-refractivity contribution in [3.63, 3.8) is 0 Å². The maximum atomic E-state index is 5.93. The van der Waals surface area contributed by atoms with Gasteiger partial charge in [0, 0.05) is 24.8 Å². The number of hydrogen-bond acceptors (Lipinski definition) is 2. The van der Waals surface area contributed by atoms with Crippen LogP contribution in [0.4, 0.5) is 5.69 Å². The van der Waals surface area contributed by atoms with Gasteiger partial charge < -0.3 is 10.6 Å². The van der Waals surface area contributed by atoms with Crippen LogP contribution in [0.25, 0.3) is 0 Å². The van der Waals surface area contributed by atoms with E-state index in [4.69, 9.17) is 5.73 Å². The van der Waals surface area contributed by atoms with Crippen molar-refractivity contribution < 1.29 is 0 Å². The van der Waals surface area contributed by atoms with Crippen LogP contribution in [0.5, 0.6) is 0 Å². The Morgan fingerprint density at radius 2 is 1.07 bits per heavy atom. The van der Waals surface area contributed by atoms with Gasteiger partial charge in [0.15, 0.2) is 0 Å². The number of nitrogens with two attached hydrogens (primary N) is 1. The number of hydrogen-bond donors (Lipinski definition) is 1. The molecule has 0 saturated heterocycles. The third kappa shape index (κ3) is 13.8. The Morgan fingerprint density at radius 3 is 1.48 bits per heavy atom. The molecule has 0 aliphatic rings. The first-order valence-electron chi connectivity index (χ1n) is 12.8. The Labute approximate surface area is 182 Å². The summed E-state index contributed by atoms with van der Waals surface area (Å²) in [5.74, 6) is 0. The quantitative estimate of drug-likeness (QED) is 0.223. The predicted octanol–water partition coefficient (Wildman–Crippen LogP) is 8.10. The Bertz CT molecular complexity index is 445. The molecule has 2 N–H and O–H groups in total. The van der Waals surface area contributed by atoms with Crippen molar-refractivity contribution in [3.05, 3.63) is 30.3 Å². The molecule has 0 aliphatic heterocycles. The zero-order chi connectivity index (χ0) is 21.0. The molecule has 1 aromatic carbocycles. The summed E-state index contributed by atoms with van der Waals surface area (Å²) in [5.41, 5.74) is 7.24. The minimum Gasteiger partial charge on any atom is -0.368 e. The summed E-state index contributed by atoms with van der Waals surface area (Å²) in [4.78, 5) is 2.48. The number of unbranched alkanes of at least 4 members (excludes halogenated alkanes) is 15. The van der Waals surface area contributed by atoms with Crippen LogP contribution >= 0.6 is 0 Å². The molecule has 0 radical (unpaired) electrons. The van der Waals surface area contributed by atoms with Crippen molar-refractivity contribution in [3.8, 4) is 0 Å². The molecule has 0 aromatic heterocycles. The lowest BCUT2D eigenvalue weighted by molar-refractivity contribution is 0.526. The van der Waals surface area contributed by atoms with E-state index in [1.165, 1.54) is 108 Å². The number of anilines is 1. The van der Waals surface area contributed by atoms with Crippen molar-refractivity contribution >= 4 is 5.69 Å². The minimum atomic E-state index is 0.411. The van der Waals surface area contributed by atoms with Crippen LogP contribution in [0.1, 0.15) is 117 Å². The zero-order valence-corrected chi connectivity index (χ0v) is 19.7. The normalized spacial score (nSPS) is 12.2. The molecule has 0 saturated carbocycles. The molecule has 0 amide bonds. The Hall–Kier alpha value is -1.02. The molecule has 0 heterocycles. The summed E-state index contributed by atoms with van der Waals surface area (Å²) in [6, 6.07) is 11.2. The van der Waals surface area contributed by atoms with Gasteiger partial charge >= 0.3 is 0 Å². The molecule has 1 atom stereocenters. The van der Waals surface area contributed by atoms with E-state index >= 15 is 0 Å². The van der Waals surface area contributed by atoms with Gasteiger partial charge in [-0.3, -0.25) is 0 Å². The van der Waals surface area contributed by atoms with E-state index in [-0.39, 0.29) is 0 Å². The Kier molecular flexibility index (Phi) is 17.0. The van der Waals surface area contributed by atoms with Crippen LogP contribution in [0, 0.1) is 0 Å². The topological polar surface area (TPSA) is 29.3 Å². The number of rotatable bonds is 20. The summed E-state index contributed by atoms with van der Waals surface area (Å²) in [7, 11) is 0. The van der Waals surface area contributed by atoms with E-state index in [0.717, 1.165) is 6.54 Å². The second-order valence-corrected chi connectivity index (χ2v) is 8.92. The van der Waals surface area contributed by atoms with Crippen molar-refractivity contribution in [2.45, 2.75) is 123 Å². The number of benzene rings is 1. The largest absolute Gasteiger partial charge is 0.368 e. The van der Waals surface area contributed by atoms with Gasteiger partial charge in [-0.1, -0.05) is 121 Å².